The second kappa shape index (κ2) is 6.17. The van der Waals surface area contributed by atoms with Crippen LogP contribution in [0.2, 0.25) is 5.02 Å². The van der Waals surface area contributed by atoms with Crippen LogP contribution in [0.1, 0.15) is 0 Å². The minimum Gasteiger partial charge on any atom is -0.408 e. The molecule has 0 bridgehead atoms. The summed E-state index contributed by atoms with van der Waals surface area (Å²) in [5, 5.41) is 0.139. The lowest BCUT2D eigenvalue weighted by molar-refractivity contribution is 0.211. The summed E-state index contributed by atoms with van der Waals surface area (Å²) in [7, 11) is 0. The van der Waals surface area contributed by atoms with Crippen molar-refractivity contribution in [3.8, 4) is 28.4 Å². The van der Waals surface area contributed by atoms with E-state index in [2.05, 4.69) is 15.0 Å². The van der Waals surface area contributed by atoms with E-state index in [-0.39, 0.29) is 16.7 Å². The van der Waals surface area contributed by atoms with Crippen molar-refractivity contribution in [2.24, 2.45) is 5.73 Å². The lowest BCUT2D eigenvalue weighted by Crippen LogP contribution is -2.16. The van der Waals surface area contributed by atoms with E-state index >= 15 is 0 Å². The van der Waals surface area contributed by atoms with Crippen LogP contribution in [0.3, 0.4) is 0 Å². The van der Waals surface area contributed by atoms with Gasteiger partial charge in [-0.3, -0.25) is 0 Å². The first-order chi connectivity index (χ1) is 11.4. The van der Waals surface area contributed by atoms with Crippen LogP contribution >= 0.6 is 11.6 Å². The number of aromatic amines is 1. The normalized spacial score (nSPS) is 10.6. The van der Waals surface area contributed by atoms with Crippen molar-refractivity contribution < 1.29 is 13.9 Å². The summed E-state index contributed by atoms with van der Waals surface area (Å²) in [6.45, 7) is 0. The zero-order valence-electron chi connectivity index (χ0n) is 12.1. The molecule has 2 heterocycles. The van der Waals surface area contributed by atoms with Crippen LogP contribution in [0.4, 0.5) is 15.1 Å². The highest BCUT2D eigenvalue weighted by Crippen LogP contribution is 2.37. The number of primary amides is 1. The van der Waals surface area contributed by atoms with E-state index in [1.54, 1.807) is 6.07 Å². The monoisotopic (exact) mass is 347 g/mol. The van der Waals surface area contributed by atoms with E-state index in [4.69, 9.17) is 27.8 Å². The smallest absolute Gasteiger partial charge is 0.408 e. The average molecular weight is 348 g/mol. The highest BCUT2D eigenvalue weighted by Gasteiger charge is 2.18. The number of nitrogens with zero attached hydrogens (tertiary/aromatic N) is 2. The number of nitrogens with two attached hydrogens (primary N) is 2. The first-order valence-electron chi connectivity index (χ1n) is 6.68. The molecule has 0 radical (unpaired) electrons. The lowest BCUT2D eigenvalue weighted by Gasteiger charge is -2.05. The molecule has 1 amide bonds. The number of rotatable bonds is 3. The molecule has 0 saturated carbocycles. The van der Waals surface area contributed by atoms with Crippen molar-refractivity contribution in [2.75, 3.05) is 5.73 Å². The second-order valence-corrected chi connectivity index (χ2v) is 5.17. The van der Waals surface area contributed by atoms with Gasteiger partial charge in [-0.2, -0.15) is 0 Å². The molecular weight excluding hydrogens is 337 g/mol. The van der Waals surface area contributed by atoms with E-state index in [1.165, 1.54) is 24.4 Å². The Morgan fingerprint density at radius 2 is 2.08 bits per heavy atom. The van der Waals surface area contributed by atoms with Crippen LogP contribution in [0.25, 0.3) is 22.6 Å². The van der Waals surface area contributed by atoms with Crippen molar-refractivity contribution in [3.05, 3.63) is 47.4 Å². The Labute approximate surface area is 140 Å². The maximum absolute atomic E-state index is 13.3. The molecule has 9 heteroatoms. The lowest BCUT2D eigenvalue weighted by atomic mass is 10.1. The largest absolute Gasteiger partial charge is 0.410 e. The third-order valence-corrected chi connectivity index (χ3v) is 3.46. The fourth-order valence-electron chi connectivity index (χ4n) is 2.18. The van der Waals surface area contributed by atoms with Crippen LogP contribution in [0.15, 0.2) is 36.5 Å². The Balaban J connectivity index is 2.15. The Morgan fingerprint density at radius 1 is 1.29 bits per heavy atom. The molecule has 0 unspecified atom stereocenters. The fourth-order valence-corrected chi connectivity index (χ4v) is 2.44. The topological polar surface area (TPSA) is 120 Å². The molecule has 3 aromatic rings. The molecule has 1 aromatic carbocycles. The summed E-state index contributed by atoms with van der Waals surface area (Å²) in [6.07, 6.45) is 0.486. The minimum absolute atomic E-state index is 0.0841. The van der Waals surface area contributed by atoms with Crippen molar-refractivity contribution in [3.63, 3.8) is 0 Å². The van der Waals surface area contributed by atoms with Gasteiger partial charge in [-0.15, -0.1) is 0 Å². The Hall–Kier alpha value is -3.13. The first kappa shape index (κ1) is 15.8. The van der Waals surface area contributed by atoms with Gasteiger partial charge >= 0.3 is 6.09 Å². The summed E-state index contributed by atoms with van der Waals surface area (Å²) < 4.78 is 18.3. The maximum Gasteiger partial charge on any atom is 0.410 e. The molecule has 0 aliphatic rings. The molecule has 0 aliphatic heterocycles. The number of aromatic nitrogens is 3. The second-order valence-electron chi connectivity index (χ2n) is 4.77. The van der Waals surface area contributed by atoms with Gasteiger partial charge in [-0.1, -0.05) is 11.6 Å². The van der Waals surface area contributed by atoms with Crippen LogP contribution in [0, 0.1) is 5.82 Å². The Kier molecular flexibility index (Phi) is 4.05. The van der Waals surface area contributed by atoms with Crippen molar-refractivity contribution in [1.82, 2.24) is 15.0 Å². The summed E-state index contributed by atoms with van der Waals surface area (Å²) in [5.74, 6) is -0.277. The number of benzene rings is 1. The summed E-state index contributed by atoms with van der Waals surface area (Å²) in [5.41, 5.74) is 12.4. The van der Waals surface area contributed by atoms with Gasteiger partial charge in [0.1, 0.15) is 5.82 Å². The Morgan fingerprint density at radius 3 is 2.75 bits per heavy atom. The van der Waals surface area contributed by atoms with Crippen LogP contribution in [-0.2, 0) is 0 Å². The molecule has 2 aromatic heterocycles. The van der Waals surface area contributed by atoms with Gasteiger partial charge in [0.25, 0.3) is 0 Å². The molecule has 0 atom stereocenters. The standard InChI is InChI=1S/C15H11ClFN5O2/c16-9-5-7(17)1-2-8(9)13-12(24-15(19)23)6-11(21-13)10-3-4-20-14(18)22-10/h1-6,21H,(H2,19,23)(H2,18,20,22). The van der Waals surface area contributed by atoms with Gasteiger partial charge in [-0.05, 0) is 24.3 Å². The average Bonchev–Trinajstić information content (AvgIpc) is 2.90. The number of H-pyrrole nitrogens is 1. The molecule has 5 N–H and O–H groups in total. The van der Waals surface area contributed by atoms with Crippen molar-refractivity contribution in [1.29, 1.82) is 0 Å². The predicted molar refractivity (Wildman–Crippen MR) is 86.8 cm³/mol. The molecule has 3 rings (SSSR count). The molecule has 0 fully saturated rings. The van der Waals surface area contributed by atoms with Crippen LogP contribution < -0.4 is 16.2 Å². The van der Waals surface area contributed by atoms with E-state index in [0.717, 1.165) is 6.07 Å². The number of nitrogens with one attached hydrogen (secondary N) is 1. The van der Waals surface area contributed by atoms with E-state index in [9.17, 15) is 9.18 Å². The maximum atomic E-state index is 13.3. The molecule has 122 valence electrons. The predicted octanol–water partition coefficient (Wildman–Crippen LogP) is 2.97. The van der Waals surface area contributed by atoms with Crippen LogP contribution in [0.5, 0.6) is 5.75 Å². The third kappa shape index (κ3) is 3.13. The van der Waals surface area contributed by atoms with E-state index in [0.29, 0.717) is 22.6 Å². The van der Waals surface area contributed by atoms with Gasteiger partial charge in [0.15, 0.2) is 5.75 Å². The Bertz CT molecular complexity index is 928. The van der Waals surface area contributed by atoms with Crippen LogP contribution in [-0.4, -0.2) is 21.0 Å². The van der Waals surface area contributed by atoms with Gasteiger partial charge < -0.3 is 21.2 Å². The first-order valence-corrected chi connectivity index (χ1v) is 7.06. The SMILES string of the molecule is NC(=O)Oc1cc(-c2ccnc(N)n2)[nH]c1-c1ccc(F)cc1Cl. The highest BCUT2D eigenvalue weighted by molar-refractivity contribution is 6.33. The number of hydrogen-bond acceptors (Lipinski definition) is 5. The number of ether oxygens (including phenoxy) is 1. The molecule has 0 spiro atoms. The molecule has 0 aliphatic carbocycles. The number of nitrogen functional groups attached to an aromatic ring is 1. The number of halogens is 2. The minimum atomic E-state index is -0.998. The number of carbonyl (C=O) groups excluding carboxylic acids is 1. The van der Waals surface area contributed by atoms with Gasteiger partial charge in [0.2, 0.25) is 5.95 Å². The molecule has 0 saturated heterocycles. The number of amides is 1. The van der Waals surface area contributed by atoms with E-state index < -0.39 is 11.9 Å². The quantitative estimate of drug-likeness (QED) is 0.672. The summed E-state index contributed by atoms with van der Waals surface area (Å²) >= 11 is 6.08. The number of hydrogen-bond donors (Lipinski definition) is 3. The molecule has 7 nitrogen and oxygen atoms in total. The van der Waals surface area contributed by atoms with Crippen molar-refractivity contribution in [2.45, 2.75) is 0 Å². The van der Waals surface area contributed by atoms with Gasteiger partial charge in [-0.25, -0.2) is 19.2 Å². The van der Waals surface area contributed by atoms with E-state index in [1.807, 2.05) is 0 Å². The highest BCUT2D eigenvalue weighted by atomic mass is 35.5. The molecular formula is C15H11ClFN5O2. The number of anilines is 1. The zero-order valence-corrected chi connectivity index (χ0v) is 12.8. The summed E-state index contributed by atoms with van der Waals surface area (Å²) in [6, 6.07) is 6.97. The van der Waals surface area contributed by atoms with Gasteiger partial charge in [0.05, 0.1) is 22.1 Å². The van der Waals surface area contributed by atoms with Gasteiger partial charge in [0, 0.05) is 17.8 Å². The molecule has 24 heavy (non-hydrogen) atoms. The fraction of sp³-hybridized carbons (Fsp3) is 0. The zero-order chi connectivity index (χ0) is 17.3. The number of carbonyl (C=O) groups is 1. The summed E-state index contributed by atoms with van der Waals surface area (Å²) in [4.78, 5) is 22.0. The third-order valence-electron chi connectivity index (χ3n) is 3.14. The van der Waals surface area contributed by atoms with Crippen molar-refractivity contribution >= 4 is 23.6 Å².